The smallest absolute Gasteiger partial charge is 0.263 e. The highest BCUT2D eigenvalue weighted by molar-refractivity contribution is 7.12. The third-order valence-electron chi connectivity index (χ3n) is 2.54. The summed E-state index contributed by atoms with van der Waals surface area (Å²) >= 11 is 1.36. The van der Waals surface area contributed by atoms with Crippen LogP contribution in [0.1, 0.15) is 23.0 Å². The van der Waals surface area contributed by atoms with E-state index >= 15 is 0 Å². The zero-order valence-corrected chi connectivity index (χ0v) is 9.39. The molecule has 0 radical (unpaired) electrons. The van der Waals surface area contributed by atoms with Crippen LogP contribution >= 0.6 is 11.3 Å². The summed E-state index contributed by atoms with van der Waals surface area (Å²) < 4.78 is 5.27. The van der Waals surface area contributed by atoms with Gasteiger partial charge in [0.25, 0.3) is 5.91 Å². The van der Waals surface area contributed by atoms with Gasteiger partial charge in [-0.25, -0.2) is 0 Å². The number of hydrogen-bond donors (Lipinski definition) is 2. The number of hydrogen-bond acceptors (Lipinski definition) is 4. The van der Waals surface area contributed by atoms with Crippen LogP contribution in [0.2, 0.25) is 0 Å². The SMILES string of the molecule is CC1(NC(=O)c2sccc2N)CCOC1. The first-order valence-electron chi connectivity index (χ1n) is 4.84. The minimum atomic E-state index is -0.243. The van der Waals surface area contributed by atoms with Crippen LogP contribution in [-0.2, 0) is 4.74 Å². The average Bonchev–Trinajstić information content (AvgIpc) is 2.74. The largest absolute Gasteiger partial charge is 0.397 e. The molecular weight excluding hydrogens is 212 g/mol. The van der Waals surface area contributed by atoms with Gasteiger partial charge in [0.15, 0.2) is 0 Å². The van der Waals surface area contributed by atoms with Gasteiger partial charge >= 0.3 is 0 Å². The third-order valence-corrected chi connectivity index (χ3v) is 3.46. The molecule has 0 bridgehead atoms. The molecule has 1 unspecified atom stereocenters. The van der Waals surface area contributed by atoms with Crippen molar-refractivity contribution in [1.29, 1.82) is 0 Å². The van der Waals surface area contributed by atoms with E-state index in [-0.39, 0.29) is 11.4 Å². The summed E-state index contributed by atoms with van der Waals surface area (Å²) in [6.07, 6.45) is 0.851. The first-order valence-corrected chi connectivity index (χ1v) is 5.72. The molecule has 0 aliphatic carbocycles. The summed E-state index contributed by atoms with van der Waals surface area (Å²) in [5, 5.41) is 4.78. The molecule has 1 aromatic rings. The van der Waals surface area contributed by atoms with E-state index < -0.39 is 0 Å². The maximum absolute atomic E-state index is 11.9. The fourth-order valence-corrected chi connectivity index (χ4v) is 2.31. The number of nitrogens with two attached hydrogens (primary N) is 1. The molecule has 82 valence electrons. The van der Waals surface area contributed by atoms with Crippen molar-refractivity contribution in [2.45, 2.75) is 18.9 Å². The average molecular weight is 226 g/mol. The number of amides is 1. The second-order valence-corrected chi connectivity index (χ2v) is 4.94. The van der Waals surface area contributed by atoms with Gasteiger partial charge in [-0.1, -0.05) is 0 Å². The van der Waals surface area contributed by atoms with Gasteiger partial charge in [0.2, 0.25) is 0 Å². The standard InChI is InChI=1S/C10H14N2O2S/c1-10(3-4-14-6-10)12-9(13)8-7(11)2-5-15-8/h2,5H,3-4,6,11H2,1H3,(H,12,13). The van der Waals surface area contributed by atoms with Crippen molar-refractivity contribution in [2.24, 2.45) is 0 Å². The van der Waals surface area contributed by atoms with Crippen LogP contribution in [-0.4, -0.2) is 24.7 Å². The second-order valence-electron chi connectivity index (χ2n) is 4.02. The zero-order valence-electron chi connectivity index (χ0n) is 8.58. The molecule has 1 atom stereocenters. The van der Waals surface area contributed by atoms with Crippen LogP contribution < -0.4 is 11.1 Å². The van der Waals surface area contributed by atoms with Crippen LogP contribution in [0.25, 0.3) is 0 Å². The quantitative estimate of drug-likeness (QED) is 0.797. The van der Waals surface area contributed by atoms with Gasteiger partial charge in [0, 0.05) is 6.61 Å². The topological polar surface area (TPSA) is 64.4 Å². The Kier molecular flexibility index (Phi) is 2.67. The summed E-state index contributed by atoms with van der Waals surface area (Å²) in [6.45, 7) is 3.27. The number of anilines is 1. The highest BCUT2D eigenvalue weighted by Gasteiger charge is 2.32. The molecule has 2 rings (SSSR count). The maximum atomic E-state index is 11.9. The highest BCUT2D eigenvalue weighted by Crippen LogP contribution is 2.22. The number of carbonyl (C=O) groups excluding carboxylic acids is 1. The van der Waals surface area contributed by atoms with Gasteiger partial charge in [-0.15, -0.1) is 11.3 Å². The van der Waals surface area contributed by atoms with Crippen LogP contribution in [0, 0.1) is 0 Å². The minimum Gasteiger partial charge on any atom is -0.397 e. The van der Waals surface area contributed by atoms with Gasteiger partial charge in [-0.05, 0) is 24.8 Å². The Bertz CT molecular complexity index is 369. The van der Waals surface area contributed by atoms with Gasteiger partial charge in [0.1, 0.15) is 4.88 Å². The van der Waals surface area contributed by atoms with E-state index in [0.717, 1.165) is 6.42 Å². The fraction of sp³-hybridized carbons (Fsp3) is 0.500. The summed E-state index contributed by atoms with van der Waals surface area (Å²) in [4.78, 5) is 12.4. The van der Waals surface area contributed by atoms with Crippen molar-refractivity contribution in [3.8, 4) is 0 Å². The number of carbonyl (C=O) groups is 1. The molecule has 15 heavy (non-hydrogen) atoms. The number of nitrogens with one attached hydrogen (secondary N) is 1. The molecule has 0 spiro atoms. The first kappa shape index (κ1) is 10.4. The van der Waals surface area contributed by atoms with Crippen molar-refractivity contribution < 1.29 is 9.53 Å². The molecule has 1 saturated heterocycles. The molecule has 1 aliphatic rings. The van der Waals surface area contributed by atoms with Crippen LogP contribution in [0.15, 0.2) is 11.4 Å². The Morgan fingerprint density at radius 2 is 2.53 bits per heavy atom. The van der Waals surface area contributed by atoms with Gasteiger partial charge in [-0.3, -0.25) is 4.79 Å². The Labute approximate surface area is 92.4 Å². The van der Waals surface area contributed by atoms with E-state index in [0.29, 0.717) is 23.8 Å². The fourth-order valence-electron chi connectivity index (χ4n) is 1.60. The van der Waals surface area contributed by atoms with E-state index in [1.54, 1.807) is 6.07 Å². The molecule has 1 aliphatic heterocycles. The first-order chi connectivity index (χ1) is 7.11. The lowest BCUT2D eigenvalue weighted by molar-refractivity contribution is 0.0895. The summed E-state index contributed by atoms with van der Waals surface area (Å²) in [5.41, 5.74) is 5.98. The summed E-state index contributed by atoms with van der Waals surface area (Å²) in [5.74, 6) is -0.101. The lowest BCUT2D eigenvalue weighted by Crippen LogP contribution is -2.46. The van der Waals surface area contributed by atoms with Crippen molar-refractivity contribution >= 4 is 22.9 Å². The molecule has 1 amide bonds. The number of ether oxygens (including phenoxy) is 1. The second kappa shape index (κ2) is 3.83. The maximum Gasteiger partial charge on any atom is 0.263 e. The molecule has 0 saturated carbocycles. The molecule has 1 aromatic heterocycles. The lowest BCUT2D eigenvalue weighted by atomic mass is 10.0. The minimum absolute atomic E-state index is 0.101. The molecule has 0 aromatic carbocycles. The Balaban J connectivity index is 2.07. The van der Waals surface area contributed by atoms with E-state index in [1.165, 1.54) is 11.3 Å². The third kappa shape index (κ3) is 2.13. The summed E-state index contributed by atoms with van der Waals surface area (Å²) in [6, 6.07) is 1.74. The van der Waals surface area contributed by atoms with Crippen LogP contribution in [0.5, 0.6) is 0 Å². The Hall–Kier alpha value is -1.07. The van der Waals surface area contributed by atoms with Crippen LogP contribution in [0.4, 0.5) is 5.69 Å². The van der Waals surface area contributed by atoms with Crippen molar-refractivity contribution in [3.05, 3.63) is 16.3 Å². The molecule has 1 fully saturated rings. The number of nitrogen functional groups attached to an aromatic ring is 1. The van der Waals surface area contributed by atoms with E-state index in [2.05, 4.69) is 5.32 Å². The number of rotatable bonds is 2. The van der Waals surface area contributed by atoms with Crippen molar-refractivity contribution in [3.63, 3.8) is 0 Å². The zero-order chi connectivity index (χ0) is 10.9. The molecule has 5 heteroatoms. The highest BCUT2D eigenvalue weighted by atomic mass is 32.1. The van der Waals surface area contributed by atoms with Gasteiger partial charge < -0.3 is 15.8 Å². The van der Waals surface area contributed by atoms with Crippen molar-refractivity contribution in [1.82, 2.24) is 5.32 Å². The Morgan fingerprint density at radius 3 is 3.07 bits per heavy atom. The molecule has 3 N–H and O–H groups in total. The monoisotopic (exact) mass is 226 g/mol. The molecule has 4 nitrogen and oxygen atoms in total. The Morgan fingerprint density at radius 1 is 1.73 bits per heavy atom. The molecular formula is C10H14N2O2S. The van der Waals surface area contributed by atoms with E-state index in [9.17, 15) is 4.79 Å². The predicted molar refractivity (Wildman–Crippen MR) is 60.0 cm³/mol. The van der Waals surface area contributed by atoms with E-state index in [1.807, 2.05) is 12.3 Å². The predicted octanol–water partition coefficient (Wildman–Crippen LogP) is 1.24. The molecule has 2 heterocycles. The summed E-state index contributed by atoms with van der Waals surface area (Å²) in [7, 11) is 0. The van der Waals surface area contributed by atoms with Gasteiger partial charge in [-0.2, -0.15) is 0 Å². The van der Waals surface area contributed by atoms with E-state index in [4.69, 9.17) is 10.5 Å². The lowest BCUT2D eigenvalue weighted by Gasteiger charge is -2.23. The number of thiophene rings is 1. The normalized spacial score (nSPS) is 25.4. The van der Waals surface area contributed by atoms with Crippen molar-refractivity contribution in [2.75, 3.05) is 18.9 Å². The van der Waals surface area contributed by atoms with Crippen LogP contribution in [0.3, 0.4) is 0 Å². The van der Waals surface area contributed by atoms with Gasteiger partial charge in [0.05, 0.1) is 17.8 Å².